The Kier molecular flexibility index (Phi) is 5.85. The van der Waals surface area contributed by atoms with Crippen molar-refractivity contribution in [1.29, 1.82) is 0 Å². The van der Waals surface area contributed by atoms with Crippen molar-refractivity contribution in [3.8, 4) is 0 Å². The lowest BCUT2D eigenvalue weighted by Crippen LogP contribution is -2.46. The Morgan fingerprint density at radius 2 is 1.81 bits per heavy atom. The second kappa shape index (κ2) is 8.46. The number of hydrogen-bond acceptors (Lipinski definition) is 7. The molecule has 0 spiro atoms. The molecule has 1 atom stereocenters. The first-order chi connectivity index (χ1) is 15.2. The molecule has 1 unspecified atom stereocenters. The Morgan fingerprint density at radius 3 is 2.50 bits per heavy atom. The average Bonchev–Trinajstić information content (AvgIpc) is 3.33. The summed E-state index contributed by atoms with van der Waals surface area (Å²) >= 11 is 0. The summed E-state index contributed by atoms with van der Waals surface area (Å²) in [6.07, 6.45) is -0.461. The van der Waals surface area contributed by atoms with E-state index in [0.29, 0.717) is 40.9 Å². The first-order valence-corrected chi connectivity index (χ1v) is 10.4. The summed E-state index contributed by atoms with van der Waals surface area (Å²) < 4.78 is 16.1. The Morgan fingerprint density at radius 1 is 1.12 bits per heavy atom. The highest BCUT2D eigenvalue weighted by Gasteiger charge is 2.47. The van der Waals surface area contributed by atoms with Crippen molar-refractivity contribution in [3.63, 3.8) is 0 Å². The molecule has 0 aliphatic carbocycles. The van der Waals surface area contributed by atoms with Gasteiger partial charge in [0.15, 0.2) is 11.9 Å². The van der Waals surface area contributed by atoms with E-state index in [1.165, 1.54) is 0 Å². The summed E-state index contributed by atoms with van der Waals surface area (Å²) in [7, 11) is 0. The van der Waals surface area contributed by atoms with Crippen LogP contribution in [0.25, 0.3) is 10.8 Å². The van der Waals surface area contributed by atoms with Crippen LogP contribution in [-0.2, 0) is 19.9 Å². The predicted octanol–water partition coefficient (Wildman–Crippen LogP) is 3.11. The maximum atomic E-state index is 13.5. The molecule has 3 aromatic rings. The highest BCUT2D eigenvalue weighted by atomic mass is 16.7. The minimum absolute atomic E-state index is 0.0677. The summed E-state index contributed by atoms with van der Waals surface area (Å²) in [5.74, 6) is -0.595. The Balaban J connectivity index is 1.68. The molecule has 2 heterocycles. The van der Waals surface area contributed by atoms with Gasteiger partial charge in [0.1, 0.15) is 0 Å². The van der Waals surface area contributed by atoms with Crippen molar-refractivity contribution >= 4 is 22.4 Å². The van der Waals surface area contributed by atoms with Gasteiger partial charge >= 0.3 is 5.63 Å². The second-order valence-electron chi connectivity index (χ2n) is 8.74. The molecule has 2 aromatic carbocycles. The molecule has 1 aliphatic heterocycles. The van der Waals surface area contributed by atoms with Crippen molar-refractivity contribution in [1.82, 2.24) is 5.16 Å². The SMILES string of the molecule is Cc1noc(=O)c2ccc(NC(=O)C(O)(CC(C)(C)C3OCCO3)c3ccccc3)cc12. The molecule has 1 amide bonds. The fourth-order valence-corrected chi connectivity index (χ4v) is 4.12. The number of benzene rings is 2. The molecule has 8 heteroatoms. The largest absolute Gasteiger partial charge is 0.375 e. The van der Waals surface area contributed by atoms with Crippen molar-refractivity contribution in [2.75, 3.05) is 18.5 Å². The maximum Gasteiger partial charge on any atom is 0.366 e. The summed E-state index contributed by atoms with van der Waals surface area (Å²) in [4.78, 5) is 25.4. The number of anilines is 1. The highest BCUT2D eigenvalue weighted by molar-refractivity contribution is 5.99. The van der Waals surface area contributed by atoms with Gasteiger partial charge in [-0.3, -0.25) is 4.79 Å². The van der Waals surface area contributed by atoms with E-state index in [9.17, 15) is 14.7 Å². The topological polar surface area (TPSA) is 111 Å². The highest BCUT2D eigenvalue weighted by Crippen LogP contribution is 2.40. The first-order valence-electron chi connectivity index (χ1n) is 10.4. The second-order valence-corrected chi connectivity index (χ2v) is 8.74. The summed E-state index contributed by atoms with van der Waals surface area (Å²) in [6, 6.07) is 13.6. The van der Waals surface area contributed by atoms with E-state index in [-0.39, 0.29) is 6.42 Å². The number of aromatic nitrogens is 1. The average molecular weight is 438 g/mol. The van der Waals surface area contributed by atoms with Crippen LogP contribution in [0.15, 0.2) is 57.8 Å². The summed E-state index contributed by atoms with van der Waals surface area (Å²) in [6.45, 7) is 6.45. The van der Waals surface area contributed by atoms with Crippen molar-refractivity contribution in [2.45, 2.75) is 39.1 Å². The minimum Gasteiger partial charge on any atom is -0.375 e. The van der Waals surface area contributed by atoms with Gasteiger partial charge in [-0.25, -0.2) is 4.79 Å². The number of carbonyl (C=O) groups is 1. The van der Waals surface area contributed by atoms with E-state index >= 15 is 0 Å². The Hall–Kier alpha value is -3.07. The molecule has 8 nitrogen and oxygen atoms in total. The molecular formula is C24H26N2O6. The number of amides is 1. The third kappa shape index (κ3) is 4.17. The molecular weight excluding hydrogens is 412 g/mol. The predicted molar refractivity (Wildman–Crippen MR) is 118 cm³/mol. The van der Waals surface area contributed by atoms with Crippen LogP contribution in [0, 0.1) is 12.3 Å². The van der Waals surface area contributed by atoms with Gasteiger partial charge in [0.05, 0.1) is 24.3 Å². The fourth-order valence-electron chi connectivity index (χ4n) is 4.12. The zero-order valence-corrected chi connectivity index (χ0v) is 18.3. The molecule has 0 radical (unpaired) electrons. The number of nitrogens with one attached hydrogen (secondary N) is 1. The lowest BCUT2D eigenvalue weighted by molar-refractivity contribution is -0.159. The number of fused-ring (bicyclic) bond motifs is 1. The van der Waals surface area contributed by atoms with Gasteiger partial charge < -0.3 is 24.4 Å². The number of aliphatic hydroxyl groups is 1. The molecule has 2 N–H and O–H groups in total. The maximum absolute atomic E-state index is 13.5. The lowest BCUT2D eigenvalue weighted by Gasteiger charge is -2.38. The van der Waals surface area contributed by atoms with Crippen LogP contribution in [0.2, 0.25) is 0 Å². The molecule has 0 saturated carbocycles. The van der Waals surface area contributed by atoms with E-state index in [1.807, 2.05) is 19.9 Å². The molecule has 4 rings (SSSR count). The quantitative estimate of drug-likeness (QED) is 0.608. The molecule has 1 fully saturated rings. The van der Waals surface area contributed by atoms with Gasteiger partial charge in [-0.1, -0.05) is 49.3 Å². The van der Waals surface area contributed by atoms with E-state index in [4.69, 9.17) is 14.0 Å². The van der Waals surface area contributed by atoms with Crippen molar-refractivity contribution < 1.29 is 23.9 Å². The van der Waals surface area contributed by atoms with E-state index in [1.54, 1.807) is 49.4 Å². The third-order valence-electron chi connectivity index (χ3n) is 5.75. The zero-order valence-electron chi connectivity index (χ0n) is 18.3. The van der Waals surface area contributed by atoms with Crippen LogP contribution in [0.5, 0.6) is 0 Å². The molecule has 1 aliphatic rings. The van der Waals surface area contributed by atoms with Crippen LogP contribution in [-0.4, -0.2) is 35.7 Å². The number of hydrogen-bond donors (Lipinski definition) is 2. The van der Waals surface area contributed by atoms with Crippen LogP contribution in [0.1, 0.15) is 31.5 Å². The van der Waals surface area contributed by atoms with Gasteiger partial charge in [-0.15, -0.1) is 0 Å². The number of aryl methyl sites for hydroxylation is 1. The lowest BCUT2D eigenvalue weighted by atomic mass is 9.75. The van der Waals surface area contributed by atoms with Crippen LogP contribution >= 0.6 is 0 Å². The molecule has 168 valence electrons. The van der Waals surface area contributed by atoms with Crippen LogP contribution < -0.4 is 10.9 Å². The van der Waals surface area contributed by atoms with E-state index in [2.05, 4.69) is 10.5 Å². The first kappa shape index (κ1) is 22.1. The van der Waals surface area contributed by atoms with Gasteiger partial charge in [0.2, 0.25) is 0 Å². The number of rotatable bonds is 6. The Labute approximate surface area is 185 Å². The van der Waals surface area contributed by atoms with E-state index < -0.39 is 28.8 Å². The molecule has 1 aromatic heterocycles. The van der Waals surface area contributed by atoms with Gasteiger partial charge in [-0.05, 0) is 37.1 Å². The number of ether oxygens (including phenoxy) is 2. The Bertz CT molecular complexity index is 1180. The standard InChI is InChI=1S/C24H26N2O6/c1-15-19-13-17(9-10-18(19)20(27)32-26-15)25-21(28)24(29,16-7-5-4-6-8-16)14-23(2,3)22-30-11-12-31-22/h4-10,13,22,29H,11-12,14H2,1-3H3,(H,25,28). The van der Waals surface area contributed by atoms with E-state index in [0.717, 1.165) is 0 Å². The van der Waals surface area contributed by atoms with Crippen LogP contribution in [0.3, 0.4) is 0 Å². The molecule has 1 saturated heterocycles. The molecule has 0 bridgehead atoms. The smallest absolute Gasteiger partial charge is 0.366 e. The zero-order chi connectivity index (χ0) is 22.9. The monoisotopic (exact) mass is 438 g/mol. The minimum atomic E-state index is -1.85. The normalized spacial score (nSPS) is 16.8. The van der Waals surface area contributed by atoms with Crippen LogP contribution in [0.4, 0.5) is 5.69 Å². The van der Waals surface area contributed by atoms with Gasteiger partial charge in [-0.2, -0.15) is 0 Å². The summed E-state index contributed by atoms with van der Waals surface area (Å²) in [5, 5.41) is 19.2. The third-order valence-corrected chi connectivity index (χ3v) is 5.75. The van der Waals surface area contributed by atoms with Crippen molar-refractivity contribution in [2.24, 2.45) is 5.41 Å². The molecule has 32 heavy (non-hydrogen) atoms. The van der Waals surface area contributed by atoms with Crippen molar-refractivity contribution in [3.05, 3.63) is 70.2 Å². The summed E-state index contributed by atoms with van der Waals surface area (Å²) in [5.41, 5.74) is -1.64. The number of nitrogens with zero attached hydrogens (tertiary/aromatic N) is 1. The fraction of sp³-hybridized carbons (Fsp3) is 0.375. The van der Waals surface area contributed by atoms with Gasteiger partial charge in [0, 0.05) is 16.5 Å². The van der Waals surface area contributed by atoms with Gasteiger partial charge in [0.25, 0.3) is 5.91 Å². The number of carbonyl (C=O) groups excluding carboxylic acids is 1.